The highest BCUT2D eigenvalue weighted by molar-refractivity contribution is 6.29. The van der Waals surface area contributed by atoms with Crippen LogP contribution in [-0.2, 0) is 0 Å². The van der Waals surface area contributed by atoms with Crippen molar-refractivity contribution < 1.29 is 0 Å². The molecule has 1 aromatic heterocycles. The standard InChI is InChI=1S/C9H13ClN2/c1-6(2)9(11)7-3-4-8(10)12-5-7/h3-6,9H,11H2,1-2H3. The molecule has 66 valence electrons. The maximum Gasteiger partial charge on any atom is 0.129 e. The normalized spacial score (nSPS) is 13.4. The lowest BCUT2D eigenvalue weighted by Gasteiger charge is -2.14. The van der Waals surface area contributed by atoms with Crippen LogP contribution in [0.5, 0.6) is 0 Å². The fraction of sp³-hybridized carbons (Fsp3) is 0.444. The van der Waals surface area contributed by atoms with Crippen LogP contribution in [0.3, 0.4) is 0 Å². The number of aromatic nitrogens is 1. The largest absolute Gasteiger partial charge is 0.324 e. The molecule has 0 fully saturated rings. The molecule has 0 saturated carbocycles. The van der Waals surface area contributed by atoms with Crippen LogP contribution in [0.1, 0.15) is 25.5 Å². The van der Waals surface area contributed by atoms with Crippen LogP contribution in [0.15, 0.2) is 18.3 Å². The molecule has 0 radical (unpaired) electrons. The second kappa shape index (κ2) is 3.87. The van der Waals surface area contributed by atoms with E-state index in [0.717, 1.165) is 5.56 Å². The molecule has 0 aromatic carbocycles. The van der Waals surface area contributed by atoms with E-state index in [1.165, 1.54) is 0 Å². The number of pyridine rings is 1. The van der Waals surface area contributed by atoms with Gasteiger partial charge in [0.15, 0.2) is 0 Å². The summed E-state index contributed by atoms with van der Waals surface area (Å²) >= 11 is 5.64. The molecule has 0 aliphatic rings. The van der Waals surface area contributed by atoms with Gasteiger partial charge in [0.05, 0.1) is 0 Å². The summed E-state index contributed by atoms with van der Waals surface area (Å²) in [6.45, 7) is 4.17. The van der Waals surface area contributed by atoms with Gasteiger partial charge >= 0.3 is 0 Å². The van der Waals surface area contributed by atoms with Crippen molar-refractivity contribution in [2.24, 2.45) is 11.7 Å². The summed E-state index contributed by atoms with van der Waals surface area (Å²) in [5, 5.41) is 0.509. The maximum atomic E-state index is 5.90. The molecule has 1 heterocycles. The monoisotopic (exact) mass is 184 g/mol. The van der Waals surface area contributed by atoms with Gasteiger partial charge in [-0.2, -0.15) is 0 Å². The molecule has 1 rings (SSSR count). The molecule has 2 nitrogen and oxygen atoms in total. The lowest BCUT2D eigenvalue weighted by Crippen LogP contribution is -2.16. The van der Waals surface area contributed by atoms with Crippen molar-refractivity contribution in [2.45, 2.75) is 19.9 Å². The number of rotatable bonds is 2. The summed E-state index contributed by atoms with van der Waals surface area (Å²) in [5.74, 6) is 0.424. The van der Waals surface area contributed by atoms with Crippen molar-refractivity contribution in [3.05, 3.63) is 29.0 Å². The molecule has 12 heavy (non-hydrogen) atoms. The van der Waals surface area contributed by atoms with Crippen LogP contribution in [0.2, 0.25) is 5.15 Å². The summed E-state index contributed by atoms with van der Waals surface area (Å²) in [6, 6.07) is 3.73. The van der Waals surface area contributed by atoms with Gasteiger partial charge in [-0.15, -0.1) is 0 Å². The fourth-order valence-electron chi connectivity index (χ4n) is 0.969. The number of nitrogens with zero attached hydrogens (tertiary/aromatic N) is 1. The Labute approximate surface area is 77.8 Å². The van der Waals surface area contributed by atoms with Crippen molar-refractivity contribution in [1.29, 1.82) is 0 Å². The van der Waals surface area contributed by atoms with E-state index in [1.807, 2.05) is 6.07 Å². The second-order valence-electron chi connectivity index (χ2n) is 3.18. The molecule has 0 amide bonds. The SMILES string of the molecule is CC(C)C(N)c1ccc(Cl)nc1. The summed E-state index contributed by atoms with van der Waals surface area (Å²) in [7, 11) is 0. The molecule has 0 spiro atoms. The third-order valence-electron chi connectivity index (χ3n) is 1.85. The Morgan fingerprint density at radius 2 is 2.08 bits per heavy atom. The molecular weight excluding hydrogens is 172 g/mol. The van der Waals surface area contributed by atoms with Gasteiger partial charge in [0.25, 0.3) is 0 Å². The molecule has 0 aliphatic carbocycles. The summed E-state index contributed by atoms with van der Waals surface area (Å²) in [5.41, 5.74) is 6.94. The Morgan fingerprint density at radius 3 is 2.50 bits per heavy atom. The summed E-state index contributed by atoms with van der Waals surface area (Å²) in [6.07, 6.45) is 1.73. The first-order valence-corrected chi connectivity index (χ1v) is 4.36. The van der Waals surface area contributed by atoms with Gasteiger partial charge in [0.2, 0.25) is 0 Å². The first-order chi connectivity index (χ1) is 5.61. The van der Waals surface area contributed by atoms with Gasteiger partial charge in [0, 0.05) is 12.2 Å². The first kappa shape index (κ1) is 9.49. The van der Waals surface area contributed by atoms with E-state index in [9.17, 15) is 0 Å². The minimum Gasteiger partial charge on any atom is -0.324 e. The molecule has 2 N–H and O–H groups in total. The number of hydrogen-bond donors (Lipinski definition) is 1. The predicted octanol–water partition coefficient (Wildman–Crippen LogP) is 2.39. The zero-order valence-electron chi connectivity index (χ0n) is 7.29. The van der Waals surface area contributed by atoms with E-state index in [4.69, 9.17) is 17.3 Å². The third-order valence-corrected chi connectivity index (χ3v) is 2.08. The highest BCUT2D eigenvalue weighted by atomic mass is 35.5. The molecule has 0 aliphatic heterocycles. The van der Waals surface area contributed by atoms with Crippen LogP contribution >= 0.6 is 11.6 Å². The van der Waals surface area contributed by atoms with Gasteiger partial charge in [-0.1, -0.05) is 31.5 Å². The molecule has 1 atom stereocenters. The van der Waals surface area contributed by atoms with E-state index in [2.05, 4.69) is 18.8 Å². The first-order valence-electron chi connectivity index (χ1n) is 3.98. The maximum absolute atomic E-state index is 5.90. The Bertz CT molecular complexity index is 243. The second-order valence-corrected chi connectivity index (χ2v) is 3.57. The smallest absolute Gasteiger partial charge is 0.129 e. The molecular formula is C9H13ClN2. The van der Waals surface area contributed by atoms with Crippen LogP contribution in [0.25, 0.3) is 0 Å². The molecule has 3 heteroatoms. The average Bonchev–Trinajstić information content (AvgIpc) is 2.04. The lowest BCUT2D eigenvalue weighted by molar-refractivity contribution is 0.513. The van der Waals surface area contributed by atoms with Gasteiger partial charge in [-0.25, -0.2) is 4.98 Å². The van der Waals surface area contributed by atoms with E-state index >= 15 is 0 Å². The predicted molar refractivity (Wildman–Crippen MR) is 51.0 cm³/mol. The fourth-order valence-corrected chi connectivity index (χ4v) is 1.08. The van der Waals surface area contributed by atoms with Crippen molar-refractivity contribution in [1.82, 2.24) is 4.98 Å². The minimum absolute atomic E-state index is 0.0507. The van der Waals surface area contributed by atoms with E-state index in [0.29, 0.717) is 11.1 Å². The quantitative estimate of drug-likeness (QED) is 0.717. The minimum atomic E-state index is 0.0507. The molecule has 0 saturated heterocycles. The van der Waals surface area contributed by atoms with Gasteiger partial charge in [-0.05, 0) is 17.5 Å². The van der Waals surface area contributed by atoms with Crippen molar-refractivity contribution >= 4 is 11.6 Å². The number of nitrogens with two attached hydrogens (primary N) is 1. The van der Waals surface area contributed by atoms with E-state index < -0.39 is 0 Å². The van der Waals surface area contributed by atoms with Gasteiger partial charge in [-0.3, -0.25) is 0 Å². The zero-order chi connectivity index (χ0) is 9.14. The Balaban J connectivity index is 2.82. The molecule has 1 unspecified atom stereocenters. The average molecular weight is 185 g/mol. The topological polar surface area (TPSA) is 38.9 Å². The summed E-state index contributed by atoms with van der Waals surface area (Å²) in [4.78, 5) is 3.97. The van der Waals surface area contributed by atoms with E-state index in [-0.39, 0.29) is 6.04 Å². The van der Waals surface area contributed by atoms with Crippen molar-refractivity contribution in [3.63, 3.8) is 0 Å². The van der Waals surface area contributed by atoms with Crippen molar-refractivity contribution in [3.8, 4) is 0 Å². The molecule has 1 aromatic rings. The van der Waals surface area contributed by atoms with Crippen LogP contribution < -0.4 is 5.73 Å². The van der Waals surface area contributed by atoms with Crippen LogP contribution in [0.4, 0.5) is 0 Å². The van der Waals surface area contributed by atoms with E-state index in [1.54, 1.807) is 12.3 Å². The third kappa shape index (κ3) is 2.19. The van der Waals surface area contributed by atoms with Gasteiger partial charge < -0.3 is 5.73 Å². The Hall–Kier alpha value is -0.600. The van der Waals surface area contributed by atoms with Crippen LogP contribution in [0, 0.1) is 5.92 Å². The Morgan fingerprint density at radius 1 is 1.42 bits per heavy atom. The summed E-state index contributed by atoms with van der Waals surface area (Å²) < 4.78 is 0. The number of hydrogen-bond acceptors (Lipinski definition) is 2. The van der Waals surface area contributed by atoms with Crippen molar-refractivity contribution in [2.75, 3.05) is 0 Å². The lowest BCUT2D eigenvalue weighted by atomic mass is 9.99. The zero-order valence-corrected chi connectivity index (χ0v) is 8.05. The van der Waals surface area contributed by atoms with Gasteiger partial charge in [0.1, 0.15) is 5.15 Å². The highest BCUT2D eigenvalue weighted by Gasteiger charge is 2.09. The number of halogens is 1. The van der Waals surface area contributed by atoms with Crippen LogP contribution in [-0.4, -0.2) is 4.98 Å². The molecule has 0 bridgehead atoms. The highest BCUT2D eigenvalue weighted by Crippen LogP contribution is 2.18. The Kier molecular flexibility index (Phi) is 3.06.